The van der Waals surface area contributed by atoms with Crippen LogP contribution in [0.5, 0.6) is 0 Å². The van der Waals surface area contributed by atoms with Crippen molar-refractivity contribution in [3.05, 3.63) is 35.4 Å². The molecular formula is C16H22F2O3. The monoisotopic (exact) mass is 300 g/mol. The normalized spacial score (nSPS) is 15.5. The van der Waals surface area contributed by atoms with Gasteiger partial charge >= 0.3 is 0 Å². The SMILES string of the molecule is CCOC(CC(C(C)=O)C(C)c1cc(F)cc(F)c1)OC. The Morgan fingerprint density at radius 1 is 1.24 bits per heavy atom. The number of benzene rings is 1. The van der Waals surface area contributed by atoms with Crippen LogP contribution in [0.2, 0.25) is 0 Å². The number of rotatable bonds is 8. The van der Waals surface area contributed by atoms with Crippen LogP contribution >= 0.6 is 0 Å². The van der Waals surface area contributed by atoms with Gasteiger partial charge in [0, 0.05) is 32.1 Å². The third kappa shape index (κ3) is 5.17. The summed E-state index contributed by atoms with van der Waals surface area (Å²) in [5.41, 5.74) is 0.457. The number of carbonyl (C=O) groups is 1. The van der Waals surface area contributed by atoms with Crippen molar-refractivity contribution >= 4 is 5.78 Å². The molecule has 5 heteroatoms. The van der Waals surface area contributed by atoms with E-state index in [4.69, 9.17) is 9.47 Å². The summed E-state index contributed by atoms with van der Waals surface area (Å²) in [6.07, 6.45) is -0.163. The maximum atomic E-state index is 13.3. The maximum absolute atomic E-state index is 13.3. The van der Waals surface area contributed by atoms with Crippen molar-refractivity contribution in [2.45, 2.75) is 39.4 Å². The molecule has 21 heavy (non-hydrogen) atoms. The van der Waals surface area contributed by atoms with Crippen LogP contribution in [-0.4, -0.2) is 25.8 Å². The fourth-order valence-corrected chi connectivity index (χ4v) is 2.42. The number of hydrogen-bond acceptors (Lipinski definition) is 3. The summed E-state index contributed by atoms with van der Waals surface area (Å²) < 4.78 is 37.2. The highest BCUT2D eigenvalue weighted by atomic mass is 19.1. The maximum Gasteiger partial charge on any atom is 0.157 e. The first-order valence-corrected chi connectivity index (χ1v) is 6.99. The van der Waals surface area contributed by atoms with Gasteiger partial charge in [0.15, 0.2) is 6.29 Å². The van der Waals surface area contributed by atoms with E-state index in [2.05, 4.69) is 0 Å². The molecule has 0 aliphatic carbocycles. The van der Waals surface area contributed by atoms with Crippen molar-refractivity contribution in [3.63, 3.8) is 0 Å². The third-order valence-electron chi connectivity index (χ3n) is 3.60. The Morgan fingerprint density at radius 2 is 1.81 bits per heavy atom. The Bertz CT molecular complexity index is 456. The minimum Gasteiger partial charge on any atom is -0.356 e. The summed E-state index contributed by atoms with van der Waals surface area (Å²) in [6.45, 7) is 5.54. The average Bonchev–Trinajstić information content (AvgIpc) is 2.41. The van der Waals surface area contributed by atoms with Gasteiger partial charge in [-0.3, -0.25) is 4.79 Å². The standard InChI is InChI=1S/C16H22F2O3/c1-5-21-16(20-4)9-15(11(3)19)10(2)12-6-13(17)8-14(18)7-12/h6-8,10,15-16H,5,9H2,1-4H3. The molecule has 0 fully saturated rings. The van der Waals surface area contributed by atoms with E-state index in [0.29, 0.717) is 18.6 Å². The molecule has 0 aromatic heterocycles. The van der Waals surface area contributed by atoms with Gasteiger partial charge in [0.1, 0.15) is 17.4 Å². The Hall–Kier alpha value is -1.33. The van der Waals surface area contributed by atoms with E-state index in [-0.39, 0.29) is 11.7 Å². The van der Waals surface area contributed by atoms with Gasteiger partial charge in [0.05, 0.1) is 0 Å². The van der Waals surface area contributed by atoms with Gasteiger partial charge in [-0.25, -0.2) is 8.78 Å². The molecule has 1 aromatic carbocycles. The molecule has 0 N–H and O–H groups in total. The van der Waals surface area contributed by atoms with Crippen LogP contribution in [0.1, 0.15) is 38.7 Å². The van der Waals surface area contributed by atoms with E-state index in [1.807, 2.05) is 6.92 Å². The van der Waals surface area contributed by atoms with Crippen molar-refractivity contribution in [2.75, 3.05) is 13.7 Å². The summed E-state index contributed by atoms with van der Waals surface area (Å²) in [7, 11) is 1.50. The Kier molecular flexibility index (Phi) is 6.92. The molecule has 0 spiro atoms. The van der Waals surface area contributed by atoms with E-state index in [1.54, 1.807) is 6.92 Å². The molecule has 0 aliphatic heterocycles. The first-order valence-electron chi connectivity index (χ1n) is 6.99. The highest BCUT2D eigenvalue weighted by Crippen LogP contribution is 2.30. The summed E-state index contributed by atoms with van der Waals surface area (Å²) in [4.78, 5) is 11.9. The lowest BCUT2D eigenvalue weighted by molar-refractivity contribution is -0.142. The predicted octanol–water partition coefficient (Wildman–Crippen LogP) is 3.67. The molecule has 0 saturated heterocycles. The molecule has 3 unspecified atom stereocenters. The highest BCUT2D eigenvalue weighted by molar-refractivity contribution is 5.79. The molecule has 0 radical (unpaired) electrons. The van der Waals surface area contributed by atoms with Crippen LogP contribution in [0.15, 0.2) is 18.2 Å². The quantitative estimate of drug-likeness (QED) is 0.687. The molecule has 118 valence electrons. The molecule has 3 nitrogen and oxygen atoms in total. The van der Waals surface area contributed by atoms with Gasteiger partial charge in [-0.15, -0.1) is 0 Å². The Balaban J connectivity index is 2.96. The number of hydrogen-bond donors (Lipinski definition) is 0. The molecule has 0 heterocycles. The van der Waals surface area contributed by atoms with Crippen LogP contribution in [0.25, 0.3) is 0 Å². The van der Waals surface area contributed by atoms with E-state index < -0.39 is 23.8 Å². The zero-order valence-corrected chi connectivity index (χ0v) is 12.9. The number of carbonyl (C=O) groups excluding carboxylic acids is 1. The molecular weight excluding hydrogens is 278 g/mol. The number of halogens is 2. The van der Waals surface area contributed by atoms with Gasteiger partial charge < -0.3 is 9.47 Å². The molecule has 0 saturated carbocycles. The van der Waals surface area contributed by atoms with Crippen molar-refractivity contribution in [1.29, 1.82) is 0 Å². The zero-order chi connectivity index (χ0) is 16.0. The van der Waals surface area contributed by atoms with Crippen LogP contribution in [0.3, 0.4) is 0 Å². The highest BCUT2D eigenvalue weighted by Gasteiger charge is 2.27. The number of ketones is 1. The minimum absolute atomic E-state index is 0.0612. The first-order chi connectivity index (χ1) is 9.88. The lowest BCUT2D eigenvalue weighted by atomic mass is 9.82. The minimum atomic E-state index is -0.646. The summed E-state index contributed by atoms with van der Waals surface area (Å²) in [5, 5.41) is 0. The lowest BCUT2D eigenvalue weighted by Gasteiger charge is -2.26. The van der Waals surface area contributed by atoms with Crippen LogP contribution in [0.4, 0.5) is 8.78 Å². The van der Waals surface area contributed by atoms with E-state index in [9.17, 15) is 13.6 Å². The molecule has 1 rings (SSSR count). The number of Topliss-reactive ketones (excluding diaryl/α,β-unsaturated/α-hetero) is 1. The smallest absolute Gasteiger partial charge is 0.157 e. The summed E-state index contributed by atoms with van der Waals surface area (Å²) in [5.74, 6) is -2.11. The van der Waals surface area contributed by atoms with Crippen LogP contribution in [0, 0.1) is 17.6 Å². The van der Waals surface area contributed by atoms with Crippen molar-refractivity contribution in [3.8, 4) is 0 Å². The number of methoxy groups -OCH3 is 1. The molecule has 0 bridgehead atoms. The molecule has 0 amide bonds. The zero-order valence-electron chi connectivity index (χ0n) is 12.9. The van der Waals surface area contributed by atoms with Gasteiger partial charge in [0.2, 0.25) is 0 Å². The fourth-order valence-electron chi connectivity index (χ4n) is 2.42. The molecule has 1 aromatic rings. The fraction of sp³-hybridized carbons (Fsp3) is 0.562. The predicted molar refractivity (Wildman–Crippen MR) is 76.0 cm³/mol. The summed E-state index contributed by atoms with van der Waals surface area (Å²) in [6, 6.07) is 3.33. The van der Waals surface area contributed by atoms with E-state index in [1.165, 1.54) is 26.2 Å². The largest absolute Gasteiger partial charge is 0.356 e. The van der Waals surface area contributed by atoms with Gasteiger partial charge in [-0.1, -0.05) is 6.92 Å². The van der Waals surface area contributed by atoms with Gasteiger partial charge in [0.25, 0.3) is 0 Å². The summed E-state index contributed by atoms with van der Waals surface area (Å²) >= 11 is 0. The van der Waals surface area contributed by atoms with Gasteiger partial charge in [-0.05, 0) is 37.5 Å². The Labute approximate surface area is 124 Å². The first kappa shape index (κ1) is 17.7. The van der Waals surface area contributed by atoms with Crippen molar-refractivity contribution in [1.82, 2.24) is 0 Å². The average molecular weight is 300 g/mol. The third-order valence-corrected chi connectivity index (χ3v) is 3.60. The second-order valence-corrected chi connectivity index (χ2v) is 5.06. The Morgan fingerprint density at radius 3 is 2.24 bits per heavy atom. The van der Waals surface area contributed by atoms with Crippen molar-refractivity contribution < 1.29 is 23.0 Å². The second-order valence-electron chi connectivity index (χ2n) is 5.06. The van der Waals surface area contributed by atoms with Gasteiger partial charge in [-0.2, -0.15) is 0 Å². The second kappa shape index (κ2) is 8.20. The number of ether oxygens (including phenoxy) is 2. The lowest BCUT2D eigenvalue weighted by Crippen LogP contribution is -2.27. The topological polar surface area (TPSA) is 35.5 Å². The van der Waals surface area contributed by atoms with Crippen LogP contribution < -0.4 is 0 Å². The van der Waals surface area contributed by atoms with E-state index >= 15 is 0 Å². The molecule has 0 aliphatic rings. The van der Waals surface area contributed by atoms with Crippen LogP contribution in [-0.2, 0) is 14.3 Å². The molecule has 3 atom stereocenters. The van der Waals surface area contributed by atoms with E-state index in [0.717, 1.165) is 6.07 Å². The van der Waals surface area contributed by atoms with Crippen molar-refractivity contribution in [2.24, 2.45) is 5.92 Å².